The predicted octanol–water partition coefficient (Wildman–Crippen LogP) is 6.57. The molecule has 0 nitrogen and oxygen atoms in total. The molecule has 2 aromatic carbocycles. The van der Waals surface area contributed by atoms with Crippen molar-refractivity contribution >= 4 is 5.57 Å². The molecule has 2 aliphatic carbocycles. The van der Waals surface area contributed by atoms with Crippen LogP contribution in [0.5, 0.6) is 0 Å². The Morgan fingerprint density at radius 1 is 1.04 bits per heavy atom. The Hall–Kier alpha value is -2.34. The fourth-order valence-corrected chi connectivity index (χ4v) is 4.62. The van der Waals surface area contributed by atoms with Crippen LogP contribution in [0.4, 0.5) is 0 Å². The van der Waals surface area contributed by atoms with Gasteiger partial charge in [0, 0.05) is 5.92 Å². The van der Waals surface area contributed by atoms with Crippen LogP contribution in [-0.2, 0) is 6.42 Å². The largest absolute Gasteiger partial charge is 0.0989 e. The molecule has 0 aliphatic heterocycles. The van der Waals surface area contributed by atoms with E-state index in [1.54, 1.807) is 5.57 Å². The van der Waals surface area contributed by atoms with Crippen molar-refractivity contribution in [2.45, 2.75) is 32.1 Å². The first kappa shape index (κ1) is 16.1. The molecular formula is C25H26. The van der Waals surface area contributed by atoms with Gasteiger partial charge in [0.2, 0.25) is 0 Å². The van der Waals surface area contributed by atoms with Gasteiger partial charge in [-0.05, 0) is 54.7 Å². The quantitative estimate of drug-likeness (QED) is 0.557. The summed E-state index contributed by atoms with van der Waals surface area (Å²) in [6.45, 7) is 10.7. The number of rotatable bonds is 4. The third kappa shape index (κ3) is 3.02. The number of hydrogen-bond donors (Lipinski definition) is 0. The Kier molecular flexibility index (Phi) is 4.21. The minimum absolute atomic E-state index is 0.546. The van der Waals surface area contributed by atoms with E-state index in [4.69, 9.17) is 0 Å². The van der Waals surface area contributed by atoms with Gasteiger partial charge in [0.25, 0.3) is 0 Å². The van der Waals surface area contributed by atoms with E-state index in [2.05, 4.69) is 80.8 Å². The Balaban J connectivity index is 1.53. The average Bonchev–Trinajstić information content (AvgIpc) is 3.17. The fourth-order valence-electron chi connectivity index (χ4n) is 4.62. The van der Waals surface area contributed by atoms with Crippen molar-refractivity contribution in [2.75, 3.05) is 0 Å². The van der Waals surface area contributed by atoms with Gasteiger partial charge in [-0.3, -0.25) is 0 Å². The van der Waals surface area contributed by atoms with E-state index >= 15 is 0 Å². The normalized spacial score (nSPS) is 24.9. The van der Waals surface area contributed by atoms with Crippen molar-refractivity contribution in [3.05, 3.63) is 102 Å². The number of allylic oxidation sites excluding steroid dienone is 4. The van der Waals surface area contributed by atoms with E-state index in [-0.39, 0.29) is 0 Å². The van der Waals surface area contributed by atoms with Crippen LogP contribution < -0.4 is 0 Å². The van der Waals surface area contributed by atoms with Crippen LogP contribution in [0.25, 0.3) is 5.57 Å². The van der Waals surface area contributed by atoms with Gasteiger partial charge in [0.05, 0.1) is 0 Å². The van der Waals surface area contributed by atoms with Crippen LogP contribution in [0.3, 0.4) is 0 Å². The molecule has 1 fully saturated rings. The van der Waals surface area contributed by atoms with Gasteiger partial charge in [0.15, 0.2) is 0 Å². The zero-order chi connectivity index (χ0) is 17.4. The van der Waals surface area contributed by atoms with Crippen molar-refractivity contribution in [1.29, 1.82) is 0 Å². The second-order valence-electron chi connectivity index (χ2n) is 7.67. The van der Waals surface area contributed by atoms with Gasteiger partial charge in [-0.15, -0.1) is 0 Å². The molecule has 0 saturated heterocycles. The van der Waals surface area contributed by atoms with Crippen molar-refractivity contribution in [1.82, 2.24) is 0 Å². The molecule has 0 heteroatoms. The predicted molar refractivity (Wildman–Crippen MR) is 107 cm³/mol. The monoisotopic (exact) mass is 326 g/mol. The first-order valence-electron chi connectivity index (χ1n) is 9.31. The van der Waals surface area contributed by atoms with E-state index in [0.29, 0.717) is 17.8 Å². The van der Waals surface area contributed by atoms with Gasteiger partial charge in [-0.25, -0.2) is 0 Å². The Morgan fingerprint density at radius 2 is 1.76 bits per heavy atom. The van der Waals surface area contributed by atoms with Crippen molar-refractivity contribution in [3.63, 3.8) is 0 Å². The molecule has 0 bridgehead atoms. The Labute approximate surface area is 151 Å². The first-order chi connectivity index (χ1) is 12.1. The number of benzene rings is 2. The lowest BCUT2D eigenvalue weighted by atomic mass is 9.81. The maximum atomic E-state index is 4.54. The highest BCUT2D eigenvalue weighted by Gasteiger charge is 2.41. The summed E-state index contributed by atoms with van der Waals surface area (Å²) in [6, 6.07) is 19.9. The molecule has 0 aromatic heterocycles. The molecule has 126 valence electrons. The minimum Gasteiger partial charge on any atom is -0.0989 e. The Morgan fingerprint density at radius 3 is 2.44 bits per heavy atom. The third-order valence-electron chi connectivity index (χ3n) is 6.00. The summed E-state index contributed by atoms with van der Waals surface area (Å²) < 4.78 is 0. The molecule has 1 saturated carbocycles. The molecule has 0 spiro atoms. The average molecular weight is 326 g/mol. The topological polar surface area (TPSA) is 0 Å². The van der Waals surface area contributed by atoms with E-state index in [0.717, 1.165) is 18.4 Å². The van der Waals surface area contributed by atoms with E-state index in [1.807, 2.05) is 0 Å². The summed E-state index contributed by atoms with van der Waals surface area (Å²) in [7, 11) is 0. The standard InChI is InChI=1S/C25H26/c1-17(2)20-9-11-21(12-10-20)24-14-13-22-16-23(18(3)25(22)24)15-19-7-5-4-6-8-19/h4-13,23-25H,1,3,14-16H2,2H3. The summed E-state index contributed by atoms with van der Waals surface area (Å²) in [4.78, 5) is 0. The third-order valence-corrected chi connectivity index (χ3v) is 6.00. The Bertz CT molecular complexity index is 820. The zero-order valence-corrected chi connectivity index (χ0v) is 15.0. The maximum Gasteiger partial charge on any atom is 0.00792 e. The maximum absolute atomic E-state index is 4.54. The molecule has 3 atom stereocenters. The van der Waals surface area contributed by atoms with E-state index in [1.165, 1.54) is 28.7 Å². The second-order valence-corrected chi connectivity index (χ2v) is 7.67. The number of fused-ring (bicyclic) bond motifs is 1. The van der Waals surface area contributed by atoms with Crippen LogP contribution in [0, 0.1) is 11.8 Å². The van der Waals surface area contributed by atoms with Crippen molar-refractivity contribution in [2.24, 2.45) is 11.8 Å². The fraction of sp³-hybridized carbons (Fsp3) is 0.280. The molecule has 0 N–H and O–H groups in total. The summed E-state index contributed by atoms with van der Waals surface area (Å²) in [6.07, 6.45) is 5.95. The first-order valence-corrected chi connectivity index (χ1v) is 9.31. The van der Waals surface area contributed by atoms with Gasteiger partial charge in [-0.1, -0.05) is 90.6 Å². The number of hydrogen-bond acceptors (Lipinski definition) is 0. The van der Waals surface area contributed by atoms with E-state index in [9.17, 15) is 0 Å². The lowest BCUT2D eigenvalue weighted by Crippen LogP contribution is -2.11. The molecule has 3 unspecified atom stereocenters. The van der Waals surface area contributed by atoms with Gasteiger partial charge < -0.3 is 0 Å². The molecule has 0 amide bonds. The zero-order valence-electron chi connectivity index (χ0n) is 15.0. The van der Waals surface area contributed by atoms with Crippen LogP contribution in [0.2, 0.25) is 0 Å². The van der Waals surface area contributed by atoms with Gasteiger partial charge in [0.1, 0.15) is 0 Å². The summed E-state index contributed by atoms with van der Waals surface area (Å²) in [5.41, 5.74) is 8.31. The molecule has 2 aliphatic rings. The lowest BCUT2D eigenvalue weighted by molar-refractivity contribution is 0.574. The molecular weight excluding hydrogens is 300 g/mol. The van der Waals surface area contributed by atoms with Crippen LogP contribution >= 0.6 is 0 Å². The minimum atomic E-state index is 0.546. The molecule has 2 aromatic rings. The van der Waals surface area contributed by atoms with Crippen molar-refractivity contribution in [3.8, 4) is 0 Å². The van der Waals surface area contributed by atoms with E-state index < -0.39 is 0 Å². The highest BCUT2D eigenvalue weighted by Crippen LogP contribution is 2.53. The summed E-state index contributed by atoms with van der Waals surface area (Å²) in [5, 5.41) is 0. The highest BCUT2D eigenvalue weighted by atomic mass is 14.4. The molecule has 0 heterocycles. The lowest BCUT2D eigenvalue weighted by Gasteiger charge is -2.22. The second kappa shape index (κ2) is 6.52. The molecule has 4 rings (SSSR count). The van der Waals surface area contributed by atoms with Gasteiger partial charge >= 0.3 is 0 Å². The van der Waals surface area contributed by atoms with Crippen molar-refractivity contribution < 1.29 is 0 Å². The molecule has 0 radical (unpaired) electrons. The summed E-state index contributed by atoms with van der Waals surface area (Å²) >= 11 is 0. The smallest absolute Gasteiger partial charge is 0.00792 e. The molecule has 25 heavy (non-hydrogen) atoms. The van der Waals surface area contributed by atoms with Crippen LogP contribution in [0.1, 0.15) is 42.4 Å². The van der Waals surface area contributed by atoms with Crippen LogP contribution in [0.15, 0.2) is 85.0 Å². The van der Waals surface area contributed by atoms with Gasteiger partial charge in [-0.2, -0.15) is 0 Å². The highest BCUT2D eigenvalue weighted by molar-refractivity contribution is 5.61. The summed E-state index contributed by atoms with van der Waals surface area (Å²) in [5.74, 6) is 1.71. The SMILES string of the molecule is C=C(C)c1ccc(C2CC=C3CC(Cc4ccccc4)C(=C)C32)cc1. The van der Waals surface area contributed by atoms with Crippen LogP contribution in [-0.4, -0.2) is 0 Å².